The lowest BCUT2D eigenvalue weighted by molar-refractivity contribution is -0.157. The van der Waals surface area contributed by atoms with Crippen LogP contribution < -0.4 is 5.32 Å². The molecule has 1 rings (SSSR count). The first-order chi connectivity index (χ1) is 8.49. The molecular formula is C13H15F3N2. The highest BCUT2D eigenvalue weighted by Gasteiger charge is 2.39. The number of aryl methyl sites for hydroxylation is 1. The van der Waals surface area contributed by atoms with Crippen LogP contribution in [0.2, 0.25) is 0 Å². The minimum absolute atomic E-state index is 0.346. The molecule has 1 atom stereocenters. The van der Waals surface area contributed by atoms with Crippen LogP contribution in [0.15, 0.2) is 24.3 Å². The third kappa shape index (κ3) is 4.04. The Morgan fingerprint density at radius 3 is 2.39 bits per heavy atom. The number of hydrogen-bond acceptors (Lipinski definition) is 2. The molecule has 1 aromatic rings. The van der Waals surface area contributed by atoms with Crippen molar-refractivity contribution in [3.05, 3.63) is 35.4 Å². The Bertz CT molecular complexity index is 421. The Morgan fingerprint density at radius 2 is 1.89 bits per heavy atom. The van der Waals surface area contributed by atoms with Gasteiger partial charge in [0.1, 0.15) is 0 Å². The number of halogens is 3. The minimum Gasteiger partial charge on any atom is -0.311 e. The quantitative estimate of drug-likeness (QED) is 0.879. The number of nitrogens with zero attached hydrogens (tertiary/aromatic N) is 1. The number of nitrogens with one attached hydrogen (secondary N) is 1. The molecule has 5 heteroatoms. The molecule has 0 aliphatic carbocycles. The number of rotatable bonds is 5. The summed E-state index contributed by atoms with van der Waals surface area (Å²) in [5, 5.41) is 11.1. The number of alkyl halides is 3. The summed E-state index contributed by atoms with van der Waals surface area (Å²) in [5.74, 6) is -1.95. The van der Waals surface area contributed by atoms with Crippen molar-refractivity contribution in [2.45, 2.75) is 26.1 Å². The Balaban J connectivity index is 2.54. The Morgan fingerprint density at radius 1 is 1.28 bits per heavy atom. The molecule has 0 spiro atoms. The van der Waals surface area contributed by atoms with E-state index in [0.29, 0.717) is 6.54 Å². The van der Waals surface area contributed by atoms with Crippen LogP contribution in [0.3, 0.4) is 0 Å². The third-order valence-electron chi connectivity index (χ3n) is 2.71. The molecule has 0 aromatic heterocycles. The highest BCUT2D eigenvalue weighted by molar-refractivity contribution is 5.26. The van der Waals surface area contributed by atoms with E-state index < -0.39 is 12.1 Å². The maximum absolute atomic E-state index is 12.3. The monoisotopic (exact) mass is 256 g/mol. The molecule has 0 amide bonds. The van der Waals surface area contributed by atoms with Gasteiger partial charge in [0.2, 0.25) is 0 Å². The van der Waals surface area contributed by atoms with Gasteiger partial charge in [0.25, 0.3) is 0 Å². The zero-order valence-electron chi connectivity index (χ0n) is 10.1. The average Bonchev–Trinajstić information content (AvgIpc) is 2.33. The van der Waals surface area contributed by atoms with Crippen LogP contribution in [0, 0.1) is 17.2 Å². The summed E-state index contributed by atoms with van der Waals surface area (Å²) in [6.07, 6.45) is -3.63. The van der Waals surface area contributed by atoms with Crippen LogP contribution in [0.25, 0.3) is 0 Å². The molecule has 0 heterocycles. The van der Waals surface area contributed by atoms with Crippen LogP contribution in [0.1, 0.15) is 18.1 Å². The second-order valence-corrected chi connectivity index (χ2v) is 3.98. The van der Waals surface area contributed by atoms with Crippen LogP contribution in [-0.4, -0.2) is 12.7 Å². The summed E-state index contributed by atoms with van der Waals surface area (Å²) in [6.45, 7) is 1.96. The Labute approximate surface area is 104 Å². The lowest BCUT2D eigenvalue weighted by atomic mass is 10.1. The summed E-state index contributed by atoms with van der Waals surface area (Å²) in [7, 11) is 0. The molecule has 2 nitrogen and oxygen atoms in total. The second kappa shape index (κ2) is 6.41. The van der Waals surface area contributed by atoms with Crippen molar-refractivity contribution in [3.8, 4) is 6.07 Å². The van der Waals surface area contributed by atoms with Crippen molar-refractivity contribution >= 4 is 0 Å². The largest absolute Gasteiger partial charge is 0.405 e. The molecule has 0 aliphatic rings. The number of hydrogen-bond donors (Lipinski definition) is 1. The van der Waals surface area contributed by atoms with E-state index in [-0.39, 0.29) is 6.54 Å². The molecular weight excluding hydrogens is 241 g/mol. The first-order valence-corrected chi connectivity index (χ1v) is 5.72. The van der Waals surface area contributed by atoms with E-state index in [1.165, 1.54) is 6.07 Å². The van der Waals surface area contributed by atoms with E-state index in [0.717, 1.165) is 17.5 Å². The van der Waals surface area contributed by atoms with Gasteiger partial charge in [-0.25, -0.2) is 0 Å². The van der Waals surface area contributed by atoms with E-state index in [9.17, 15) is 13.2 Å². The van der Waals surface area contributed by atoms with Crippen LogP contribution in [-0.2, 0) is 13.0 Å². The van der Waals surface area contributed by atoms with Gasteiger partial charge in [-0.3, -0.25) is 0 Å². The Kier molecular flexibility index (Phi) is 5.17. The first-order valence-electron chi connectivity index (χ1n) is 5.72. The van der Waals surface area contributed by atoms with Gasteiger partial charge in [-0.1, -0.05) is 31.2 Å². The summed E-state index contributed by atoms with van der Waals surface area (Å²) in [5.41, 5.74) is 2.07. The van der Waals surface area contributed by atoms with Gasteiger partial charge in [0.15, 0.2) is 5.92 Å². The molecule has 98 valence electrons. The fourth-order valence-electron chi connectivity index (χ4n) is 1.66. The minimum atomic E-state index is -4.47. The van der Waals surface area contributed by atoms with Gasteiger partial charge in [-0.05, 0) is 17.5 Å². The zero-order chi connectivity index (χ0) is 13.6. The normalized spacial score (nSPS) is 13.1. The average molecular weight is 256 g/mol. The topological polar surface area (TPSA) is 35.8 Å². The second-order valence-electron chi connectivity index (χ2n) is 3.98. The van der Waals surface area contributed by atoms with Crippen molar-refractivity contribution in [1.82, 2.24) is 5.32 Å². The van der Waals surface area contributed by atoms with Gasteiger partial charge < -0.3 is 5.32 Å². The van der Waals surface area contributed by atoms with Crippen molar-refractivity contribution in [3.63, 3.8) is 0 Å². The molecule has 18 heavy (non-hydrogen) atoms. The smallest absolute Gasteiger partial charge is 0.311 e. The van der Waals surface area contributed by atoms with Gasteiger partial charge >= 0.3 is 6.18 Å². The molecule has 0 fully saturated rings. The van der Waals surface area contributed by atoms with Crippen molar-refractivity contribution in [2.75, 3.05) is 6.54 Å². The number of benzene rings is 1. The predicted octanol–water partition coefficient (Wildman–Crippen LogP) is 3.04. The predicted molar refractivity (Wildman–Crippen MR) is 62.7 cm³/mol. The summed E-state index contributed by atoms with van der Waals surface area (Å²) in [4.78, 5) is 0. The first kappa shape index (κ1) is 14.5. The molecule has 0 saturated heterocycles. The van der Waals surface area contributed by atoms with Gasteiger partial charge in [0, 0.05) is 13.1 Å². The van der Waals surface area contributed by atoms with E-state index in [1.807, 2.05) is 31.2 Å². The molecule has 1 N–H and O–H groups in total. The molecule has 1 aromatic carbocycles. The van der Waals surface area contributed by atoms with Crippen LogP contribution in [0.5, 0.6) is 0 Å². The van der Waals surface area contributed by atoms with Crippen LogP contribution >= 0.6 is 0 Å². The van der Waals surface area contributed by atoms with Gasteiger partial charge in [-0.15, -0.1) is 0 Å². The maximum Gasteiger partial charge on any atom is 0.405 e. The van der Waals surface area contributed by atoms with E-state index in [1.54, 1.807) is 0 Å². The van der Waals surface area contributed by atoms with Crippen molar-refractivity contribution < 1.29 is 13.2 Å². The lowest BCUT2D eigenvalue weighted by Crippen LogP contribution is -2.32. The van der Waals surface area contributed by atoms with E-state index in [2.05, 4.69) is 5.32 Å². The molecule has 0 saturated carbocycles. The SMILES string of the molecule is CCc1ccccc1CNCC(C#N)C(F)(F)F. The molecule has 0 bridgehead atoms. The summed E-state index contributed by atoms with van der Waals surface area (Å²) in [6, 6.07) is 8.84. The molecule has 0 radical (unpaired) electrons. The summed E-state index contributed by atoms with van der Waals surface area (Å²) >= 11 is 0. The molecule has 0 aliphatic heterocycles. The van der Waals surface area contributed by atoms with Gasteiger partial charge in [-0.2, -0.15) is 18.4 Å². The summed E-state index contributed by atoms with van der Waals surface area (Å²) < 4.78 is 37.0. The highest BCUT2D eigenvalue weighted by Crippen LogP contribution is 2.25. The molecule has 1 unspecified atom stereocenters. The van der Waals surface area contributed by atoms with E-state index >= 15 is 0 Å². The third-order valence-corrected chi connectivity index (χ3v) is 2.71. The fourth-order valence-corrected chi connectivity index (χ4v) is 1.66. The van der Waals surface area contributed by atoms with Crippen molar-refractivity contribution in [2.24, 2.45) is 5.92 Å². The zero-order valence-corrected chi connectivity index (χ0v) is 10.1. The highest BCUT2D eigenvalue weighted by atomic mass is 19.4. The standard InChI is InChI=1S/C13H15F3N2/c1-2-10-5-3-4-6-11(10)8-18-9-12(7-17)13(14,15)16/h3-6,12,18H,2,8-9H2,1H3. The van der Waals surface area contributed by atoms with E-state index in [4.69, 9.17) is 5.26 Å². The van der Waals surface area contributed by atoms with Gasteiger partial charge in [0.05, 0.1) is 6.07 Å². The number of nitriles is 1. The maximum atomic E-state index is 12.3. The fraction of sp³-hybridized carbons (Fsp3) is 0.462. The Hall–Kier alpha value is -1.54. The van der Waals surface area contributed by atoms with Crippen molar-refractivity contribution in [1.29, 1.82) is 5.26 Å². The lowest BCUT2D eigenvalue weighted by Gasteiger charge is -2.14. The van der Waals surface area contributed by atoms with Crippen LogP contribution in [0.4, 0.5) is 13.2 Å².